The molecule has 0 unspecified atom stereocenters. The highest BCUT2D eigenvalue weighted by atomic mass is 127. The fourth-order valence-electron chi connectivity index (χ4n) is 12.9. The predicted molar refractivity (Wildman–Crippen MR) is 345 cm³/mol. The van der Waals surface area contributed by atoms with Crippen LogP contribution in [0, 0.1) is 33.2 Å². The minimum absolute atomic E-state index is 0.285. The molecule has 80 heavy (non-hydrogen) atoms. The minimum Gasteiger partial charge on any atom is -0.313 e. The third kappa shape index (κ3) is 8.07. The summed E-state index contributed by atoms with van der Waals surface area (Å²) in [7, 11) is 0. The maximum atomic E-state index is 11.7. The first-order valence-corrected chi connectivity index (χ1v) is 29.4. The van der Waals surface area contributed by atoms with E-state index in [1.807, 2.05) is 54.7 Å². The summed E-state index contributed by atoms with van der Waals surface area (Å²) in [5.74, 6) is 0. The lowest BCUT2D eigenvalue weighted by atomic mass is 9.82. The van der Waals surface area contributed by atoms with Gasteiger partial charge >= 0.3 is 0 Å². The Balaban J connectivity index is 1.04. The molecule has 6 nitrogen and oxygen atoms in total. The zero-order chi connectivity index (χ0) is 55.0. The van der Waals surface area contributed by atoms with E-state index in [0.717, 1.165) is 85.2 Å². The largest absolute Gasteiger partial charge is 0.313 e. The van der Waals surface area contributed by atoms with Gasteiger partial charge in [-0.25, -0.2) is 0 Å². The van der Waals surface area contributed by atoms with Crippen LogP contribution >= 0.6 is 33.9 Å². The standard InChI is InChI=1S/C72H57IN6S/c1-7-19-48(20-8-2)76(49-22-11-10-12-23-49)52-32-35-67(63(73)40-52)78(51-30-33-55-54-24-13-16-27-61(54)72(5,6)62(55)39-51)68-36-47(44-75)69(37-46(68)43-74)79-66-34-31-50(77-64-28-17-14-25-56(64)57-26-15-18-29-65(57)77)38-58(66)59-41-60-53(21-9-3)45(4)80-71(60)42-70(59)79/h7-8,10-17,19-20,22-28,30-42H,1,9,18,21,29H2,2-6H3/b20-8-,48-19+. The number of para-hydroxylation sites is 2. The normalized spacial score (nSPS) is 13.5. The van der Waals surface area contributed by atoms with Crippen LogP contribution in [0.15, 0.2) is 200 Å². The van der Waals surface area contributed by atoms with E-state index in [-0.39, 0.29) is 5.41 Å². The van der Waals surface area contributed by atoms with E-state index < -0.39 is 0 Å². The smallest absolute Gasteiger partial charge is 0.101 e. The Hall–Kier alpha value is -8.67. The Morgan fingerprint density at radius 2 is 1.46 bits per heavy atom. The molecular formula is C72H57IN6S. The topological polar surface area (TPSA) is 63.9 Å². The van der Waals surface area contributed by atoms with Gasteiger partial charge in [-0.05, 0) is 192 Å². The van der Waals surface area contributed by atoms with Gasteiger partial charge in [-0.2, -0.15) is 10.5 Å². The first kappa shape index (κ1) is 50.8. The summed E-state index contributed by atoms with van der Waals surface area (Å²) >= 11 is 4.28. The Morgan fingerprint density at radius 3 is 2.25 bits per heavy atom. The van der Waals surface area contributed by atoms with Crippen LogP contribution < -0.4 is 9.80 Å². The monoisotopic (exact) mass is 1160 g/mol. The number of thiophene rings is 1. The third-order valence-electron chi connectivity index (χ3n) is 16.5. The molecule has 13 rings (SSSR count). The van der Waals surface area contributed by atoms with Gasteiger partial charge in [0.1, 0.15) is 12.1 Å². The molecule has 8 heteroatoms. The second-order valence-electron chi connectivity index (χ2n) is 21.4. The summed E-state index contributed by atoms with van der Waals surface area (Å²) in [6.45, 7) is 15.2. The molecule has 0 N–H and O–H groups in total. The molecule has 0 fully saturated rings. The molecule has 0 amide bonds. The van der Waals surface area contributed by atoms with E-state index in [1.165, 1.54) is 64.9 Å². The quantitative estimate of drug-likeness (QED) is 0.0903. The Labute approximate surface area is 485 Å². The predicted octanol–water partition coefficient (Wildman–Crippen LogP) is 20.1. The van der Waals surface area contributed by atoms with E-state index in [0.29, 0.717) is 22.5 Å². The summed E-state index contributed by atoms with van der Waals surface area (Å²) in [5, 5.41) is 28.0. The van der Waals surface area contributed by atoms with Gasteiger partial charge in [-0.3, -0.25) is 0 Å². The van der Waals surface area contributed by atoms with Crippen LogP contribution in [0.2, 0.25) is 0 Å². The van der Waals surface area contributed by atoms with Crippen molar-refractivity contribution in [3.63, 3.8) is 0 Å². The lowest BCUT2D eigenvalue weighted by Crippen LogP contribution is -2.18. The number of benzene rings is 8. The third-order valence-corrected chi connectivity index (χ3v) is 18.4. The number of aryl methyl sites for hydroxylation is 2. The number of rotatable bonds is 12. The van der Waals surface area contributed by atoms with Crippen molar-refractivity contribution >= 4 is 111 Å². The van der Waals surface area contributed by atoms with Crippen molar-refractivity contribution < 1.29 is 0 Å². The molecule has 11 aromatic rings. The van der Waals surface area contributed by atoms with Crippen molar-refractivity contribution in [2.75, 3.05) is 9.80 Å². The highest BCUT2D eigenvalue weighted by molar-refractivity contribution is 14.1. The van der Waals surface area contributed by atoms with Gasteiger partial charge in [0.25, 0.3) is 0 Å². The van der Waals surface area contributed by atoms with E-state index in [2.05, 4.69) is 246 Å². The number of hydrogen-bond acceptors (Lipinski definition) is 5. The molecule has 0 bridgehead atoms. The molecule has 388 valence electrons. The average molecular weight is 1170 g/mol. The first-order valence-electron chi connectivity index (χ1n) is 27.5. The van der Waals surface area contributed by atoms with Gasteiger partial charge < -0.3 is 18.9 Å². The maximum Gasteiger partial charge on any atom is 0.101 e. The van der Waals surface area contributed by atoms with Crippen LogP contribution in [0.25, 0.3) is 71.4 Å². The SMILES string of the molecule is C=C/C=C(\C=C/C)N(c1ccccc1)c1ccc(N(c2ccc3c(c2)C(C)(C)c2ccccc2-3)c2cc(C#N)c(-n3c4ccc(-n5c6c(c7ccccc75)C=CCC6)cc4c4cc5c(CCC)c(C)sc5cc43)cc2C#N)c(I)c1. The number of hydrogen-bond donors (Lipinski definition) is 0. The molecule has 2 aliphatic carbocycles. The van der Waals surface area contributed by atoms with Crippen molar-refractivity contribution in [2.45, 2.75) is 65.7 Å². The van der Waals surface area contributed by atoms with Crippen molar-refractivity contribution in [1.29, 1.82) is 10.5 Å². The molecule has 0 aliphatic heterocycles. The number of aromatic nitrogens is 2. The highest BCUT2D eigenvalue weighted by Crippen LogP contribution is 2.52. The maximum absolute atomic E-state index is 11.7. The van der Waals surface area contributed by atoms with Crippen molar-refractivity contribution in [2.24, 2.45) is 0 Å². The number of fused-ring (bicyclic) bond motifs is 10. The van der Waals surface area contributed by atoms with Crippen LogP contribution in [0.3, 0.4) is 0 Å². The van der Waals surface area contributed by atoms with E-state index in [9.17, 15) is 10.5 Å². The number of nitrogens with zero attached hydrogens (tertiary/aromatic N) is 6. The minimum atomic E-state index is -0.285. The first-order chi connectivity index (χ1) is 39.1. The molecular weight excluding hydrogens is 1110 g/mol. The van der Waals surface area contributed by atoms with Gasteiger partial charge in [0.2, 0.25) is 0 Å². The van der Waals surface area contributed by atoms with Crippen molar-refractivity contribution in [3.05, 3.63) is 248 Å². The lowest BCUT2D eigenvalue weighted by molar-refractivity contribution is 0.660. The summed E-state index contributed by atoms with van der Waals surface area (Å²) in [6.07, 6.45) is 16.6. The zero-order valence-electron chi connectivity index (χ0n) is 45.5. The summed E-state index contributed by atoms with van der Waals surface area (Å²) in [5.41, 5.74) is 19.8. The van der Waals surface area contributed by atoms with E-state index >= 15 is 0 Å². The van der Waals surface area contributed by atoms with Crippen LogP contribution in [0.4, 0.5) is 28.4 Å². The fourth-order valence-corrected chi connectivity index (χ4v) is 14.8. The summed E-state index contributed by atoms with van der Waals surface area (Å²) < 4.78 is 6.87. The van der Waals surface area contributed by atoms with Gasteiger partial charge in [-0.1, -0.05) is 125 Å². The molecule has 3 heterocycles. The number of anilines is 5. The van der Waals surface area contributed by atoms with Crippen LogP contribution in [-0.4, -0.2) is 9.13 Å². The molecule has 8 aromatic carbocycles. The van der Waals surface area contributed by atoms with E-state index in [1.54, 1.807) is 0 Å². The second-order valence-corrected chi connectivity index (χ2v) is 23.8. The molecule has 0 radical (unpaired) electrons. The molecule has 2 aliphatic rings. The lowest BCUT2D eigenvalue weighted by Gasteiger charge is -2.31. The Kier molecular flexibility index (Phi) is 12.8. The molecule has 0 saturated heterocycles. The molecule has 3 aromatic heterocycles. The van der Waals surface area contributed by atoms with Crippen LogP contribution in [-0.2, 0) is 18.3 Å². The molecule has 0 saturated carbocycles. The van der Waals surface area contributed by atoms with Crippen LogP contribution in [0.1, 0.15) is 84.5 Å². The van der Waals surface area contributed by atoms with Gasteiger partial charge in [0, 0.05) is 74.4 Å². The Morgan fingerprint density at radius 1 is 0.713 bits per heavy atom. The summed E-state index contributed by atoms with van der Waals surface area (Å²) in [4.78, 5) is 5.75. The zero-order valence-corrected chi connectivity index (χ0v) is 48.5. The number of allylic oxidation sites excluding steroid dienone is 5. The number of halogens is 1. The van der Waals surface area contributed by atoms with Gasteiger partial charge in [0.15, 0.2) is 0 Å². The molecule has 0 spiro atoms. The Bertz CT molecular complexity index is 4560. The van der Waals surface area contributed by atoms with E-state index in [4.69, 9.17) is 0 Å². The number of nitriles is 2. The van der Waals surface area contributed by atoms with Crippen LogP contribution in [0.5, 0.6) is 0 Å². The second kappa shape index (κ2) is 20.2. The average Bonchev–Trinajstić information content (AvgIpc) is 4.21. The molecule has 0 atom stereocenters. The van der Waals surface area contributed by atoms with Gasteiger partial charge in [-0.15, -0.1) is 11.3 Å². The van der Waals surface area contributed by atoms with Crippen molar-refractivity contribution in [3.8, 4) is 34.6 Å². The summed E-state index contributed by atoms with van der Waals surface area (Å²) in [6, 6.07) is 61.8. The highest BCUT2D eigenvalue weighted by Gasteiger charge is 2.36. The van der Waals surface area contributed by atoms with Gasteiger partial charge in [0.05, 0.1) is 44.7 Å². The fraction of sp³-hybridized carbons (Fsp3) is 0.139. The van der Waals surface area contributed by atoms with Crippen molar-refractivity contribution in [1.82, 2.24) is 9.13 Å².